The highest BCUT2D eigenvalue weighted by Crippen LogP contribution is 2.23. The Kier molecular flexibility index (Phi) is 6.54. The molecule has 1 aliphatic rings. The summed E-state index contributed by atoms with van der Waals surface area (Å²) in [7, 11) is 1.70. The number of carbonyl (C=O) groups is 1. The first kappa shape index (κ1) is 19.0. The van der Waals surface area contributed by atoms with Crippen LogP contribution >= 0.6 is 0 Å². The summed E-state index contributed by atoms with van der Waals surface area (Å²) in [5, 5.41) is 4.25. The fraction of sp³-hybridized carbons (Fsp3) is 0.381. The maximum absolute atomic E-state index is 12.1. The minimum absolute atomic E-state index is 0.274. The zero-order valence-electron chi connectivity index (χ0n) is 15.9. The first-order valence-electron chi connectivity index (χ1n) is 9.31. The van der Waals surface area contributed by atoms with Gasteiger partial charge in [-0.05, 0) is 68.8 Å². The molecule has 0 bridgehead atoms. The maximum atomic E-state index is 12.1. The standard InChI is InChI=1S/C21H26N4O2/c1-16(23-24-21(26)18-7-6-10-22-14-18)17-8-9-20(27-2)19(13-17)15-25-11-4-3-5-12-25/h6-10,13-14H,3-5,11-12,15H2,1-2H3,(H,24,26)/b23-16-. The van der Waals surface area contributed by atoms with Crippen LogP contribution in [0.4, 0.5) is 0 Å². The number of hydrogen-bond donors (Lipinski definition) is 1. The third-order valence-electron chi connectivity index (χ3n) is 4.79. The van der Waals surface area contributed by atoms with Crippen molar-refractivity contribution < 1.29 is 9.53 Å². The van der Waals surface area contributed by atoms with Gasteiger partial charge >= 0.3 is 0 Å². The average Bonchev–Trinajstić information content (AvgIpc) is 2.73. The molecule has 1 saturated heterocycles. The number of nitrogens with one attached hydrogen (secondary N) is 1. The monoisotopic (exact) mass is 366 g/mol. The van der Waals surface area contributed by atoms with Crippen molar-refractivity contribution >= 4 is 11.6 Å². The Morgan fingerprint density at radius 1 is 1.22 bits per heavy atom. The number of ether oxygens (including phenoxy) is 1. The molecule has 6 nitrogen and oxygen atoms in total. The summed E-state index contributed by atoms with van der Waals surface area (Å²) in [5.41, 5.74) is 5.93. The van der Waals surface area contributed by atoms with E-state index in [0.717, 1.165) is 42.2 Å². The first-order chi connectivity index (χ1) is 13.2. The van der Waals surface area contributed by atoms with Gasteiger partial charge in [0.25, 0.3) is 5.91 Å². The van der Waals surface area contributed by atoms with Crippen molar-refractivity contribution in [2.24, 2.45) is 5.10 Å². The second kappa shape index (κ2) is 9.28. The molecule has 0 radical (unpaired) electrons. The van der Waals surface area contributed by atoms with Gasteiger partial charge in [-0.3, -0.25) is 14.7 Å². The number of piperidine rings is 1. The molecule has 6 heteroatoms. The number of likely N-dealkylation sites (tertiary alicyclic amines) is 1. The van der Waals surface area contributed by atoms with Crippen LogP contribution in [-0.2, 0) is 6.54 Å². The number of hydrogen-bond acceptors (Lipinski definition) is 5. The molecule has 1 amide bonds. The van der Waals surface area contributed by atoms with Gasteiger partial charge < -0.3 is 4.74 Å². The molecule has 0 saturated carbocycles. The number of aromatic nitrogens is 1. The molecule has 2 aromatic rings. The number of methoxy groups -OCH3 is 1. The van der Waals surface area contributed by atoms with Gasteiger partial charge in [0.2, 0.25) is 0 Å². The summed E-state index contributed by atoms with van der Waals surface area (Å²) in [4.78, 5) is 18.5. The van der Waals surface area contributed by atoms with Crippen LogP contribution < -0.4 is 10.2 Å². The lowest BCUT2D eigenvalue weighted by molar-refractivity contribution is 0.0954. The second-order valence-electron chi connectivity index (χ2n) is 6.74. The Morgan fingerprint density at radius 3 is 2.74 bits per heavy atom. The van der Waals surface area contributed by atoms with Gasteiger partial charge in [-0.15, -0.1) is 0 Å². The lowest BCUT2D eigenvalue weighted by atomic mass is 10.0. The highest BCUT2D eigenvalue weighted by Gasteiger charge is 2.14. The smallest absolute Gasteiger partial charge is 0.272 e. The minimum atomic E-state index is -0.274. The zero-order chi connectivity index (χ0) is 19.1. The van der Waals surface area contributed by atoms with E-state index >= 15 is 0 Å². The van der Waals surface area contributed by atoms with E-state index in [1.165, 1.54) is 25.5 Å². The lowest BCUT2D eigenvalue weighted by Crippen LogP contribution is -2.29. The van der Waals surface area contributed by atoms with E-state index in [0.29, 0.717) is 5.56 Å². The van der Waals surface area contributed by atoms with Crippen LogP contribution in [0.5, 0.6) is 5.75 Å². The summed E-state index contributed by atoms with van der Waals surface area (Å²) in [6, 6.07) is 9.46. The molecule has 1 N–H and O–H groups in total. The second-order valence-corrected chi connectivity index (χ2v) is 6.74. The number of carbonyl (C=O) groups excluding carboxylic acids is 1. The number of nitrogens with zero attached hydrogens (tertiary/aromatic N) is 3. The number of pyridine rings is 1. The first-order valence-corrected chi connectivity index (χ1v) is 9.31. The van der Waals surface area contributed by atoms with Gasteiger partial charge in [-0.2, -0.15) is 5.10 Å². The average molecular weight is 366 g/mol. The summed E-state index contributed by atoms with van der Waals surface area (Å²) < 4.78 is 5.53. The topological polar surface area (TPSA) is 66.8 Å². The number of benzene rings is 1. The van der Waals surface area contributed by atoms with Gasteiger partial charge in [0.05, 0.1) is 18.4 Å². The quantitative estimate of drug-likeness (QED) is 0.630. The van der Waals surface area contributed by atoms with Crippen LogP contribution in [0.2, 0.25) is 0 Å². The molecule has 1 aromatic carbocycles. The molecule has 27 heavy (non-hydrogen) atoms. The fourth-order valence-electron chi connectivity index (χ4n) is 3.25. The van der Waals surface area contributed by atoms with E-state index < -0.39 is 0 Å². The van der Waals surface area contributed by atoms with E-state index in [9.17, 15) is 4.79 Å². The maximum Gasteiger partial charge on any atom is 0.272 e. The van der Waals surface area contributed by atoms with Crippen LogP contribution in [0.3, 0.4) is 0 Å². The Morgan fingerprint density at radius 2 is 2.04 bits per heavy atom. The number of rotatable bonds is 6. The zero-order valence-corrected chi connectivity index (χ0v) is 15.9. The molecule has 1 aromatic heterocycles. The highest BCUT2D eigenvalue weighted by atomic mass is 16.5. The van der Waals surface area contributed by atoms with E-state index in [1.807, 2.05) is 19.1 Å². The van der Waals surface area contributed by atoms with Gasteiger partial charge in [0, 0.05) is 24.5 Å². The van der Waals surface area contributed by atoms with E-state index in [4.69, 9.17) is 4.74 Å². The van der Waals surface area contributed by atoms with Crippen molar-refractivity contribution in [2.75, 3.05) is 20.2 Å². The molecule has 0 atom stereocenters. The van der Waals surface area contributed by atoms with Gasteiger partial charge in [0.15, 0.2) is 0 Å². The van der Waals surface area contributed by atoms with Crippen molar-refractivity contribution in [3.05, 3.63) is 59.4 Å². The van der Waals surface area contributed by atoms with E-state index in [-0.39, 0.29) is 5.91 Å². The highest BCUT2D eigenvalue weighted by molar-refractivity contribution is 6.01. The Hall–Kier alpha value is -2.73. The molecule has 3 rings (SSSR count). The number of amides is 1. The predicted molar refractivity (Wildman–Crippen MR) is 106 cm³/mol. The molecule has 0 unspecified atom stereocenters. The molecule has 0 spiro atoms. The van der Waals surface area contributed by atoms with Crippen LogP contribution in [0.25, 0.3) is 0 Å². The third kappa shape index (κ3) is 5.14. The van der Waals surface area contributed by atoms with Crippen molar-refractivity contribution in [1.29, 1.82) is 0 Å². The van der Waals surface area contributed by atoms with Crippen LogP contribution in [-0.4, -0.2) is 41.7 Å². The fourth-order valence-corrected chi connectivity index (χ4v) is 3.25. The van der Waals surface area contributed by atoms with E-state index in [1.54, 1.807) is 25.4 Å². The molecule has 0 aliphatic carbocycles. The molecule has 1 aliphatic heterocycles. The van der Waals surface area contributed by atoms with Crippen LogP contribution in [0, 0.1) is 0 Å². The molecule has 142 valence electrons. The van der Waals surface area contributed by atoms with E-state index in [2.05, 4.69) is 26.5 Å². The van der Waals surface area contributed by atoms with Crippen LogP contribution in [0.1, 0.15) is 47.7 Å². The van der Waals surface area contributed by atoms with Gasteiger partial charge in [-0.1, -0.05) is 6.42 Å². The van der Waals surface area contributed by atoms with Crippen molar-refractivity contribution in [2.45, 2.75) is 32.7 Å². The predicted octanol–water partition coefficient (Wildman–Crippen LogP) is 3.23. The molecular formula is C21H26N4O2. The van der Waals surface area contributed by atoms with Crippen LogP contribution in [0.15, 0.2) is 47.8 Å². The SMILES string of the molecule is COc1ccc(/C(C)=N\NC(=O)c2cccnc2)cc1CN1CCCCC1. The van der Waals surface area contributed by atoms with Crippen molar-refractivity contribution in [3.8, 4) is 5.75 Å². The summed E-state index contributed by atoms with van der Waals surface area (Å²) >= 11 is 0. The van der Waals surface area contributed by atoms with Crippen molar-refractivity contribution in [1.82, 2.24) is 15.3 Å². The summed E-state index contributed by atoms with van der Waals surface area (Å²) in [5.74, 6) is 0.612. The molecule has 1 fully saturated rings. The third-order valence-corrected chi connectivity index (χ3v) is 4.79. The largest absolute Gasteiger partial charge is 0.496 e. The minimum Gasteiger partial charge on any atom is -0.496 e. The summed E-state index contributed by atoms with van der Waals surface area (Å²) in [6.07, 6.45) is 6.97. The Bertz CT molecular complexity index is 799. The lowest BCUT2D eigenvalue weighted by Gasteiger charge is -2.27. The Balaban J connectivity index is 1.72. The Labute approximate surface area is 160 Å². The normalized spacial score (nSPS) is 15.4. The molecule has 2 heterocycles. The van der Waals surface area contributed by atoms with Gasteiger partial charge in [0.1, 0.15) is 5.75 Å². The summed E-state index contributed by atoms with van der Waals surface area (Å²) in [6.45, 7) is 5.01. The number of hydrazone groups is 1. The van der Waals surface area contributed by atoms with Crippen molar-refractivity contribution in [3.63, 3.8) is 0 Å². The molecular weight excluding hydrogens is 340 g/mol. The van der Waals surface area contributed by atoms with Gasteiger partial charge in [-0.25, -0.2) is 5.43 Å².